The van der Waals surface area contributed by atoms with Crippen molar-refractivity contribution >= 4 is 18.0 Å². The van der Waals surface area contributed by atoms with Gasteiger partial charge in [0.1, 0.15) is 0 Å². The third-order valence-corrected chi connectivity index (χ3v) is 6.15. The van der Waals surface area contributed by atoms with Gasteiger partial charge in [0.15, 0.2) is 0 Å². The van der Waals surface area contributed by atoms with Crippen molar-refractivity contribution in [2.24, 2.45) is 0 Å². The Morgan fingerprint density at radius 1 is 1.57 bits per heavy atom. The summed E-state index contributed by atoms with van der Waals surface area (Å²) in [6, 6.07) is 0. The molecule has 0 aliphatic carbocycles. The smallest absolute Gasteiger partial charge is 0.0578 e. The molecule has 0 saturated carbocycles. The lowest BCUT2D eigenvalue weighted by molar-refractivity contribution is 0.807. The van der Waals surface area contributed by atoms with E-state index < -0.39 is 6.19 Å². The minimum atomic E-state index is -1.01. The summed E-state index contributed by atoms with van der Waals surface area (Å²) in [5, 5.41) is 3.59. The second-order valence-electron chi connectivity index (χ2n) is 2.59. The van der Waals surface area contributed by atoms with E-state index >= 15 is 0 Å². The fourth-order valence-corrected chi connectivity index (χ4v) is 2.83. The van der Waals surface area contributed by atoms with Crippen molar-refractivity contribution in [1.29, 1.82) is 0 Å². The Kier molecular flexibility index (Phi) is 0.921. The SMILES string of the molecule is CC1(C)NP1(C)=S. The Bertz CT molecular complexity index is 141. The second-order valence-corrected chi connectivity index (χ2v) is 7.98. The average molecular weight is 135 g/mol. The first kappa shape index (κ1) is 5.74. The van der Waals surface area contributed by atoms with E-state index in [4.69, 9.17) is 11.8 Å². The quantitative estimate of drug-likeness (QED) is 0.400. The minimum Gasteiger partial charge on any atom is -0.276 e. The zero-order valence-electron chi connectivity index (χ0n) is 4.86. The first-order valence-electron chi connectivity index (χ1n) is 2.33. The van der Waals surface area contributed by atoms with E-state index in [1.54, 1.807) is 0 Å². The Balaban J connectivity index is 2.78. The highest BCUT2D eigenvalue weighted by molar-refractivity contribution is 8.17. The third-order valence-electron chi connectivity index (χ3n) is 1.50. The molecule has 3 heteroatoms. The molecule has 1 aliphatic rings. The summed E-state index contributed by atoms with van der Waals surface area (Å²) < 4.78 is 0. The van der Waals surface area contributed by atoms with Crippen LogP contribution in [0.2, 0.25) is 0 Å². The molecule has 1 heterocycles. The number of nitrogens with one attached hydrogen (secondary N) is 1. The van der Waals surface area contributed by atoms with Gasteiger partial charge in [0.25, 0.3) is 0 Å². The van der Waals surface area contributed by atoms with Gasteiger partial charge in [-0.1, -0.05) is 11.8 Å². The van der Waals surface area contributed by atoms with Gasteiger partial charge in [-0.25, -0.2) is 0 Å². The number of hydrogen-bond acceptors (Lipinski definition) is 1. The molecule has 0 aromatic heterocycles. The van der Waals surface area contributed by atoms with Crippen LogP contribution in [0.5, 0.6) is 0 Å². The summed E-state index contributed by atoms with van der Waals surface area (Å²) in [5.74, 6) is 0. The molecule has 0 aromatic carbocycles. The number of hydrogen-bond donors (Lipinski definition) is 1. The maximum absolute atomic E-state index is 5.17. The van der Waals surface area contributed by atoms with Crippen LogP contribution in [0.4, 0.5) is 0 Å². The molecular weight excluding hydrogens is 125 g/mol. The van der Waals surface area contributed by atoms with Gasteiger partial charge in [0.2, 0.25) is 0 Å². The predicted molar refractivity (Wildman–Crippen MR) is 37.4 cm³/mol. The Morgan fingerprint density at radius 2 is 1.71 bits per heavy atom. The van der Waals surface area contributed by atoms with Crippen molar-refractivity contribution < 1.29 is 0 Å². The van der Waals surface area contributed by atoms with Crippen LogP contribution in [-0.4, -0.2) is 11.9 Å². The van der Waals surface area contributed by atoms with Crippen LogP contribution in [-0.2, 0) is 11.8 Å². The Labute approximate surface area is 49.6 Å². The molecule has 1 nitrogen and oxygen atoms in total. The fraction of sp³-hybridized carbons (Fsp3) is 1.00. The molecular formula is C4H10NPS. The lowest BCUT2D eigenvalue weighted by atomic mass is 10.4. The first-order chi connectivity index (χ1) is 2.96. The van der Waals surface area contributed by atoms with E-state index in [9.17, 15) is 0 Å². The minimum absolute atomic E-state index is 0.322. The van der Waals surface area contributed by atoms with E-state index in [1.807, 2.05) is 0 Å². The number of rotatable bonds is 0. The molecule has 1 unspecified atom stereocenters. The van der Waals surface area contributed by atoms with Gasteiger partial charge in [-0.15, -0.1) is 0 Å². The molecule has 1 N–H and O–H groups in total. The van der Waals surface area contributed by atoms with E-state index in [1.165, 1.54) is 0 Å². The lowest BCUT2D eigenvalue weighted by Gasteiger charge is -1.91. The average Bonchev–Trinajstić information content (AvgIpc) is 1.63. The molecule has 7 heavy (non-hydrogen) atoms. The van der Waals surface area contributed by atoms with Gasteiger partial charge < -0.3 is 0 Å². The summed E-state index contributed by atoms with van der Waals surface area (Å²) in [4.78, 5) is 0. The Hall–Kier alpha value is 0.610. The summed E-state index contributed by atoms with van der Waals surface area (Å²) in [6.07, 6.45) is -1.01. The van der Waals surface area contributed by atoms with Crippen molar-refractivity contribution in [1.82, 2.24) is 5.09 Å². The molecule has 1 aliphatic heterocycles. The standard InChI is InChI=1S/C4H10NPS/c1-4(2)5-6(4,3)7/h1-3H3,(H,5,7). The van der Waals surface area contributed by atoms with E-state index in [0.717, 1.165) is 0 Å². The molecule has 1 atom stereocenters. The van der Waals surface area contributed by atoms with Gasteiger partial charge >= 0.3 is 0 Å². The third kappa shape index (κ3) is 0.758. The highest BCUT2D eigenvalue weighted by Gasteiger charge is 2.47. The highest BCUT2D eigenvalue weighted by Crippen LogP contribution is 2.65. The molecule has 0 amide bonds. The van der Waals surface area contributed by atoms with Crippen LogP contribution >= 0.6 is 6.19 Å². The van der Waals surface area contributed by atoms with Crippen molar-refractivity contribution in [2.75, 3.05) is 6.66 Å². The molecule has 1 rings (SSSR count). The maximum Gasteiger partial charge on any atom is 0.0578 e. The molecule has 0 bridgehead atoms. The topological polar surface area (TPSA) is 21.9 Å². The highest BCUT2D eigenvalue weighted by atomic mass is 32.4. The van der Waals surface area contributed by atoms with Crippen molar-refractivity contribution in [3.05, 3.63) is 0 Å². The van der Waals surface area contributed by atoms with E-state index in [-0.39, 0.29) is 0 Å². The lowest BCUT2D eigenvalue weighted by Crippen LogP contribution is -1.97. The van der Waals surface area contributed by atoms with Gasteiger partial charge in [-0.05, 0) is 20.5 Å². The van der Waals surface area contributed by atoms with Crippen molar-refractivity contribution in [2.45, 2.75) is 19.1 Å². The zero-order valence-corrected chi connectivity index (χ0v) is 6.57. The molecule has 0 aromatic rings. The summed E-state index contributed by atoms with van der Waals surface area (Å²) in [5.41, 5.74) is 0. The van der Waals surface area contributed by atoms with Gasteiger partial charge in [0.05, 0.1) is 5.28 Å². The molecule has 1 fully saturated rings. The van der Waals surface area contributed by atoms with Gasteiger partial charge in [-0.3, -0.25) is 5.09 Å². The molecule has 0 spiro atoms. The van der Waals surface area contributed by atoms with Crippen molar-refractivity contribution in [3.8, 4) is 0 Å². The normalized spacial score (nSPS) is 46.1. The molecule has 1 saturated heterocycles. The van der Waals surface area contributed by atoms with E-state index in [2.05, 4.69) is 25.6 Å². The maximum atomic E-state index is 5.17. The van der Waals surface area contributed by atoms with Crippen LogP contribution in [0.3, 0.4) is 0 Å². The van der Waals surface area contributed by atoms with Crippen molar-refractivity contribution in [3.63, 3.8) is 0 Å². The summed E-state index contributed by atoms with van der Waals surface area (Å²) in [6.45, 7) is 6.46. The van der Waals surface area contributed by atoms with E-state index in [0.29, 0.717) is 5.28 Å². The molecule has 0 radical (unpaired) electrons. The van der Waals surface area contributed by atoms with Crippen LogP contribution in [0, 0.1) is 0 Å². The zero-order chi connectivity index (χ0) is 5.71. The van der Waals surface area contributed by atoms with Crippen LogP contribution in [0.15, 0.2) is 0 Å². The fourth-order valence-electron chi connectivity index (χ4n) is 0.497. The van der Waals surface area contributed by atoms with Crippen LogP contribution in [0.1, 0.15) is 13.8 Å². The first-order valence-corrected chi connectivity index (χ1v) is 5.58. The van der Waals surface area contributed by atoms with Gasteiger partial charge in [-0.2, -0.15) is 0 Å². The monoisotopic (exact) mass is 135 g/mol. The predicted octanol–water partition coefficient (Wildman–Crippen LogP) is 1.35. The largest absolute Gasteiger partial charge is 0.276 e. The van der Waals surface area contributed by atoms with Gasteiger partial charge in [0, 0.05) is 6.19 Å². The summed E-state index contributed by atoms with van der Waals surface area (Å²) in [7, 11) is 0. The summed E-state index contributed by atoms with van der Waals surface area (Å²) >= 11 is 5.17. The van der Waals surface area contributed by atoms with Crippen LogP contribution < -0.4 is 5.09 Å². The second kappa shape index (κ2) is 1.12. The van der Waals surface area contributed by atoms with Crippen LogP contribution in [0.25, 0.3) is 0 Å². The Morgan fingerprint density at radius 3 is 1.71 bits per heavy atom. The molecule has 42 valence electrons.